The fourth-order valence-electron chi connectivity index (χ4n) is 1.68. The molecule has 1 aromatic carbocycles. The van der Waals surface area contributed by atoms with Crippen molar-refractivity contribution in [2.75, 3.05) is 5.32 Å². The highest BCUT2D eigenvalue weighted by Crippen LogP contribution is 2.21. The van der Waals surface area contributed by atoms with Crippen LogP contribution in [0.5, 0.6) is 5.75 Å². The highest BCUT2D eigenvalue weighted by Gasteiger charge is 2.19. The number of aryl methyl sites for hydroxylation is 1. The smallest absolute Gasteiger partial charge is 0.319 e. The van der Waals surface area contributed by atoms with E-state index in [-0.39, 0.29) is 11.8 Å². The molecule has 4 nitrogen and oxygen atoms in total. The molecule has 0 radical (unpaired) electrons. The first-order valence-corrected chi connectivity index (χ1v) is 5.52. The van der Waals surface area contributed by atoms with E-state index in [4.69, 9.17) is 0 Å². The third kappa shape index (κ3) is 2.45. The Morgan fingerprint density at radius 2 is 2.19 bits per heavy atom. The van der Waals surface area contributed by atoms with Crippen molar-refractivity contribution >= 4 is 11.7 Å². The number of aromatic hydroxyl groups is 1. The van der Waals surface area contributed by atoms with Crippen LogP contribution in [0.15, 0.2) is 18.2 Å². The molecule has 16 heavy (non-hydrogen) atoms. The summed E-state index contributed by atoms with van der Waals surface area (Å²) in [5.74, 6) is 0.211. The molecule has 2 rings (SSSR count). The number of benzene rings is 1. The van der Waals surface area contributed by atoms with Crippen LogP contribution in [-0.4, -0.2) is 17.2 Å². The molecule has 0 saturated heterocycles. The Hall–Kier alpha value is -1.71. The summed E-state index contributed by atoms with van der Waals surface area (Å²) in [5, 5.41) is 14.9. The summed E-state index contributed by atoms with van der Waals surface area (Å²) in [7, 11) is 0. The zero-order chi connectivity index (χ0) is 11.5. The molecule has 3 N–H and O–H groups in total. The second-order valence-corrected chi connectivity index (χ2v) is 4.23. The molecule has 0 spiro atoms. The van der Waals surface area contributed by atoms with E-state index in [0.717, 1.165) is 24.1 Å². The number of hydrogen-bond acceptors (Lipinski definition) is 2. The van der Waals surface area contributed by atoms with Gasteiger partial charge in [0.15, 0.2) is 0 Å². The number of carbonyl (C=O) groups is 1. The Balaban J connectivity index is 1.94. The number of amides is 2. The minimum absolute atomic E-state index is 0.168. The van der Waals surface area contributed by atoms with E-state index in [2.05, 4.69) is 10.6 Å². The van der Waals surface area contributed by atoms with Crippen LogP contribution in [0, 0.1) is 6.92 Å². The van der Waals surface area contributed by atoms with Gasteiger partial charge < -0.3 is 15.7 Å². The van der Waals surface area contributed by atoms with E-state index in [1.165, 1.54) is 6.42 Å². The number of anilines is 1. The van der Waals surface area contributed by atoms with Gasteiger partial charge in [-0.05, 0) is 49.9 Å². The molecule has 1 aliphatic carbocycles. The number of nitrogens with one attached hydrogen (secondary N) is 2. The summed E-state index contributed by atoms with van der Waals surface area (Å²) >= 11 is 0. The van der Waals surface area contributed by atoms with Gasteiger partial charge in [0.1, 0.15) is 5.75 Å². The zero-order valence-corrected chi connectivity index (χ0v) is 9.29. The van der Waals surface area contributed by atoms with Gasteiger partial charge in [-0.15, -0.1) is 0 Å². The van der Waals surface area contributed by atoms with Gasteiger partial charge in [-0.3, -0.25) is 0 Å². The second kappa shape index (κ2) is 4.43. The van der Waals surface area contributed by atoms with Gasteiger partial charge in [-0.25, -0.2) is 4.79 Å². The van der Waals surface area contributed by atoms with E-state index in [9.17, 15) is 9.90 Å². The molecular formula is C12H16N2O2. The SMILES string of the molecule is Cc1cc(O)ccc1NC(=O)NC1CCC1. The van der Waals surface area contributed by atoms with Gasteiger partial charge in [0.05, 0.1) is 0 Å². The van der Waals surface area contributed by atoms with E-state index in [1.807, 2.05) is 6.92 Å². The molecule has 0 aromatic heterocycles. The van der Waals surface area contributed by atoms with E-state index in [0.29, 0.717) is 6.04 Å². The number of phenols is 1. The van der Waals surface area contributed by atoms with Crippen molar-refractivity contribution in [1.82, 2.24) is 5.32 Å². The summed E-state index contributed by atoms with van der Waals surface area (Å²) in [6, 6.07) is 5.05. The lowest BCUT2D eigenvalue weighted by molar-refractivity contribution is 0.240. The molecule has 1 aromatic rings. The zero-order valence-electron chi connectivity index (χ0n) is 9.29. The maximum Gasteiger partial charge on any atom is 0.319 e. The van der Waals surface area contributed by atoms with Crippen LogP contribution >= 0.6 is 0 Å². The average molecular weight is 220 g/mol. The Morgan fingerprint density at radius 3 is 2.75 bits per heavy atom. The van der Waals surface area contributed by atoms with Crippen LogP contribution in [0.25, 0.3) is 0 Å². The molecule has 1 saturated carbocycles. The lowest BCUT2D eigenvalue weighted by Gasteiger charge is -2.26. The number of carbonyl (C=O) groups excluding carboxylic acids is 1. The molecule has 0 atom stereocenters. The maximum atomic E-state index is 11.6. The standard InChI is InChI=1S/C12H16N2O2/c1-8-7-10(15)5-6-11(8)14-12(16)13-9-3-2-4-9/h5-7,9,15H,2-4H2,1H3,(H2,13,14,16). The highest BCUT2D eigenvalue weighted by molar-refractivity contribution is 5.90. The molecule has 1 aliphatic rings. The first-order chi connectivity index (χ1) is 7.65. The van der Waals surface area contributed by atoms with Gasteiger partial charge in [-0.1, -0.05) is 0 Å². The summed E-state index contributed by atoms with van der Waals surface area (Å²) < 4.78 is 0. The quantitative estimate of drug-likeness (QED) is 0.670. The molecule has 2 amide bonds. The van der Waals surface area contributed by atoms with Crippen LogP contribution in [-0.2, 0) is 0 Å². The van der Waals surface area contributed by atoms with Crippen molar-refractivity contribution in [3.8, 4) is 5.75 Å². The topological polar surface area (TPSA) is 61.4 Å². The minimum Gasteiger partial charge on any atom is -0.508 e. The molecule has 0 heterocycles. The molecule has 0 aliphatic heterocycles. The fourth-order valence-corrected chi connectivity index (χ4v) is 1.68. The first kappa shape index (κ1) is 10.8. The summed E-state index contributed by atoms with van der Waals surface area (Å²) in [6.45, 7) is 1.85. The average Bonchev–Trinajstić information content (AvgIpc) is 2.16. The third-order valence-corrected chi connectivity index (χ3v) is 2.90. The van der Waals surface area contributed by atoms with Crippen LogP contribution in [0.4, 0.5) is 10.5 Å². The third-order valence-electron chi connectivity index (χ3n) is 2.90. The van der Waals surface area contributed by atoms with Crippen molar-refractivity contribution in [2.24, 2.45) is 0 Å². The molecule has 1 fully saturated rings. The number of hydrogen-bond donors (Lipinski definition) is 3. The summed E-state index contributed by atoms with van der Waals surface area (Å²) in [6.07, 6.45) is 3.34. The van der Waals surface area contributed by atoms with Crippen LogP contribution in [0.3, 0.4) is 0 Å². The first-order valence-electron chi connectivity index (χ1n) is 5.52. The Bertz CT molecular complexity index is 400. The lowest BCUT2D eigenvalue weighted by Crippen LogP contribution is -2.41. The van der Waals surface area contributed by atoms with Crippen molar-refractivity contribution in [1.29, 1.82) is 0 Å². The van der Waals surface area contributed by atoms with Gasteiger partial charge in [0.25, 0.3) is 0 Å². The van der Waals surface area contributed by atoms with E-state index < -0.39 is 0 Å². The normalized spacial score (nSPS) is 15.3. The van der Waals surface area contributed by atoms with Crippen molar-refractivity contribution in [3.63, 3.8) is 0 Å². The number of phenolic OH excluding ortho intramolecular Hbond substituents is 1. The van der Waals surface area contributed by atoms with Crippen LogP contribution in [0.1, 0.15) is 24.8 Å². The Labute approximate surface area is 94.7 Å². The molecule has 0 bridgehead atoms. The molecular weight excluding hydrogens is 204 g/mol. The summed E-state index contributed by atoms with van der Waals surface area (Å²) in [4.78, 5) is 11.6. The Kier molecular flexibility index (Phi) is 2.99. The number of rotatable bonds is 2. The second-order valence-electron chi connectivity index (χ2n) is 4.23. The fraction of sp³-hybridized carbons (Fsp3) is 0.417. The number of urea groups is 1. The Morgan fingerprint density at radius 1 is 1.44 bits per heavy atom. The van der Waals surface area contributed by atoms with Crippen molar-refractivity contribution in [2.45, 2.75) is 32.2 Å². The van der Waals surface area contributed by atoms with Gasteiger partial charge in [0.2, 0.25) is 0 Å². The predicted octanol–water partition coefficient (Wildman–Crippen LogP) is 2.37. The highest BCUT2D eigenvalue weighted by atomic mass is 16.3. The van der Waals surface area contributed by atoms with Crippen molar-refractivity contribution in [3.05, 3.63) is 23.8 Å². The largest absolute Gasteiger partial charge is 0.508 e. The predicted molar refractivity (Wildman–Crippen MR) is 62.6 cm³/mol. The monoisotopic (exact) mass is 220 g/mol. The van der Waals surface area contributed by atoms with Crippen LogP contribution in [0.2, 0.25) is 0 Å². The van der Waals surface area contributed by atoms with Gasteiger partial charge in [-0.2, -0.15) is 0 Å². The molecule has 86 valence electrons. The molecule has 0 unspecified atom stereocenters. The summed E-state index contributed by atoms with van der Waals surface area (Å²) in [5.41, 5.74) is 1.58. The molecule has 4 heteroatoms. The maximum absolute atomic E-state index is 11.6. The van der Waals surface area contributed by atoms with E-state index >= 15 is 0 Å². The van der Waals surface area contributed by atoms with Crippen LogP contribution < -0.4 is 10.6 Å². The van der Waals surface area contributed by atoms with Gasteiger partial charge >= 0.3 is 6.03 Å². The van der Waals surface area contributed by atoms with Gasteiger partial charge in [0, 0.05) is 11.7 Å². The minimum atomic E-state index is -0.168. The van der Waals surface area contributed by atoms with Crippen molar-refractivity contribution < 1.29 is 9.90 Å². The van der Waals surface area contributed by atoms with E-state index in [1.54, 1.807) is 18.2 Å². The lowest BCUT2D eigenvalue weighted by atomic mass is 9.93.